The van der Waals surface area contributed by atoms with Gasteiger partial charge in [-0.25, -0.2) is 0 Å². The summed E-state index contributed by atoms with van der Waals surface area (Å²) >= 11 is 5.34. The zero-order chi connectivity index (χ0) is 19.7. The summed E-state index contributed by atoms with van der Waals surface area (Å²) < 4.78 is 0. The Labute approximate surface area is 180 Å². The quantitative estimate of drug-likeness (QED) is 0.349. The van der Waals surface area contributed by atoms with Crippen LogP contribution < -0.4 is 0 Å². The van der Waals surface area contributed by atoms with E-state index < -0.39 is 0 Å². The summed E-state index contributed by atoms with van der Waals surface area (Å²) in [6.07, 6.45) is 18.2. The van der Waals surface area contributed by atoms with Crippen molar-refractivity contribution >= 4 is 12.6 Å². The van der Waals surface area contributed by atoms with Gasteiger partial charge in [0.1, 0.15) is 0 Å². The third kappa shape index (κ3) is 2.98. The smallest absolute Gasteiger partial charge is 0.00536 e. The molecule has 5 aliphatic carbocycles. The van der Waals surface area contributed by atoms with E-state index in [2.05, 4.69) is 27.7 Å². The highest BCUT2D eigenvalue weighted by molar-refractivity contribution is 7.81. The molecule has 1 spiro atoms. The first-order valence-corrected chi connectivity index (χ1v) is 13.6. The maximum absolute atomic E-state index is 5.34. The van der Waals surface area contributed by atoms with Crippen LogP contribution in [0.1, 0.15) is 105 Å². The molecule has 10 atom stereocenters. The molecule has 1 heteroatoms. The Bertz CT molecular complexity index is 583. The monoisotopic (exact) mass is 402 g/mol. The molecule has 0 aliphatic heterocycles. The zero-order valence-corrected chi connectivity index (χ0v) is 20.0. The molecule has 28 heavy (non-hydrogen) atoms. The lowest BCUT2D eigenvalue weighted by molar-refractivity contribution is -0.0938. The van der Waals surface area contributed by atoms with Crippen molar-refractivity contribution < 1.29 is 0 Å². The number of thiol groups is 1. The summed E-state index contributed by atoms with van der Waals surface area (Å²) in [5.41, 5.74) is 1.45. The van der Waals surface area contributed by atoms with Crippen molar-refractivity contribution in [2.75, 3.05) is 0 Å². The molecule has 0 bridgehead atoms. The third-order valence-electron chi connectivity index (χ3n) is 11.1. The maximum Gasteiger partial charge on any atom is 0.00536 e. The molecule has 0 N–H and O–H groups in total. The van der Waals surface area contributed by atoms with E-state index in [1.54, 1.807) is 32.1 Å². The van der Waals surface area contributed by atoms with Crippen LogP contribution in [0.25, 0.3) is 0 Å². The Hall–Kier alpha value is 0.350. The van der Waals surface area contributed by atoms with Crippen molar-refractivity contribution in [3.63, 3.8) is 0 Å². The summed E-state index contributed by atoms with van der Waals surface area (Å²) in [5.74, 6) is 8.01. The first kappa shape index (κ1) is 20.3. The number of hydrogen-bond acceptors (Lipinski definition) is 1. The number of hydrogen-bond donors (Lipinski definition) is 1. The predicted octanol–water partition coefficient (Wildman–Crippen LogP) is 8.02. The van der Waals surface area contributed by atoms with Crippen LogP contribution in [0.15, 0.2) is 0 Å². The summed E-state index contributed by atoms with van der Waals surface area (Å²) in [6, 6.07) is 0. The molecule has 10 unspecified atom stereocenters. The molecule has 0 saturated heterocycles. The van der Waals surface area contributed by atoms with Crippen molar-refractivity contribution in [2.24, 2.45) is 58.2 Å². The zero-order valence-electron chi connectivity index (χ0n) is 19.1. The molecule has 0 radical (unpaired) electrons. The molecule has 5 saturated carbocycles. The van der Waals surface area contributed by atoms with E-state index in [0.717, 1.165) is 52.8 Å². The van der Waals surface area contributed by atoms with Crippen molar-refractivity contribution in [2.45, 2.75) is 110 Å². The lowest BCUT2D eigenvalue weighted by Crippen LogP contribution is -2.55. The molecule has 0 amide bonds. The fraction of sp³-hybridized carbons (Fsp3) is 1.00. The summed E-state index contributed by atoms with van der Waals surface area (Å²) in [5, 5.41) is 0.705. The molecule has 5 aliphatic rings. The highest BCUT2D eigenvalue weighted by atomic mass is 32.1. The van der Waals surface area contributed by atoms with Crippen LogP contribution in [0, 0.1) is 58.2 Å². The van der Waals surface area contributed by atoms with Gasteiger partial charge in [0.2, 0.25) is 0 Å². The van der Waals surface area contributed by atoms with Crippen LogP contribution in [0.5, 0.6) is 0 Å². The minimum absolute atomic E-state index is 0.653. The van der Waals surface area contributed by atoms with Gasteiger partial charge < -0.3 is 0 Å². The minimum atomic E-state index is 0.653. The van der Waals surface area contributed by atoms with E-state index in [-0.39, 0.29) is 0 Å². The topological polar surface area (TPSA) is 0 Å². The fourth-order valence-corrected chi connectivity index (χ4v) is 10.3. The minimum Gasteiger partial charge on any atom is -0.176 e. The summed E-state index contributed by atoms with van der Waals surface area (Å²) in [6.45, 7) is 10.0. The average Bonchev–Trinajstić information content (AvgIpc) is 3.26. The van der Waals surface area contributed by atoms with Crippen molar-refractivity contribution in [1.82, 2.24) is 0 Å². The molecular formula is C27H46S. The molecule has 0 nitrogen and oxygen atoms in total. The Balaban J connectivity index is 1.32. The van der Waals surface area contributed by atoms with E-state index in [0.29, 0.717) is 10.7 Å². The number of rotatable bonds is 5. The molecule has 0 aromatic heterocycles. The Morgan fingerprint density at radius 3 is 2.57 bits per heavy atom. The van der Waals surface area contributed by atoms with E-state index in [9.17, 15) is 0 Å². The van der Waals surface area contributed by atoms with Gasteiger partial charge in [0.25, 0.3) is 0 Å². The van der Waals surface area contributed by atoms with Gasteiger partial charge >= 0.3 is 0 Å². The van der Waals surface area contributed by atoms with Crippen LogP contribution in [0.4, 0.5) is 0 Å². The van der Waals surface area contributed by atoms with Crippen molar-refractivity contribution in [1.29, 1.82) is 0 Å². The molecule has 5 fully saturated rings. The largest absolute Gasteiger partial charge is 0.176 e. The number of fused-ring (bicyclic) bond motifs is 4. The molecule has 0 aromatic carbocycles. The van der Waals surface area contributed by atoms with Crippen LogP contribution in [0.2, 0.25) is 0 Å². The standard InChI is InChI=1S/C27H46S/c1-17(2)7-5-6-8-19-9-10-22-25-23(14-21-16-27(19,21)22)26(4)12-11-18(3)13-20(26)15-24(25)28/h17-25,28H,5-16H2,1-4H3. The molecule has 0 heterocycles. The lowest BCUT2D eigenvalue weighted by atomic mass is 9.46. The summed E-state index contributed by atoms with van der Waals surface area (Å²) in [7, 11) is 0. The normalized spacial score (nSPS) is 54.6. The van der Waals surface area contributed by atoms with Crippen LogP contribution in [0.3, 0.4) is 0 Å². The van der Waals surface area contributed by atoms with Crippen LogP contribution >= 0.6 is 12.6 Å². The second-order valence-corrected chi connectivity index (χ2v) is 13.5. The van der Waals surface area contributed by atoms with Gasteiger partial charge in [0.05, 0.1) is 0 Å². The first-order valence-electron chi connectivity index (χ1n) is 13.0. The average molecular weight is 403 g/mol. The molecular weight excluding hydrogens is 356 g/mol. The fourth-order valence-electron chi connectivity index (χ4n) is 9.68. The van der Waals surface area contributed by atoms with E-state index >= 15 is 0 Å². The van der Waals surface area contributed by atoms with Crippen LogP contribution in [-0.2, 0) is 0 Å². The van der Waals surface area contributed by atoms with E-state index in [1.807, 2.05) is 0 Å². The maximum atomic E-state index is 5.34. The van der Waals surface area contributed by atoms with E-state index in [1.165, 1.54) is 44.9 Å². The Morgan fingerprint density at radius 2 is 1.79 bits per heavy atom. The number of unbranched alkanes of at least 4 members (excludes halogenated alkanes) is 1. The second-order valence-electron chi connectivity index (χ2n) is 12.9. The van der Waals surface area contributed by atoms with Gasteiger partial charge in [-0.15, -0.1) is 0 Å². The first-order chi connectivity index (χ1) is 13.4. The van der Waals surface area contributed by atoms with Gasteiger partial charge in [-0.1, -0.05) is 53.4 Å². The highest BCUT2D eigenvalue weighted by Crippen LogP contribution is 2.79. The van der Waals surface area contributed by atoms with Gasteiger partial charge in [0, 0.05) is 5.25 Å². The SMILES string of the molecule is CC(C)CCCCC1CCC2C3C(S)CC4CC(C)CCC4(C)C3CC3CC132. The van der Waals surface area contributed by atoms with Gasteiger partial charge in [0.15, 0.2) is 0 Å². The molecule has 160 valence electrons. The van der Waals surface area contributed by atoms with E-state index in [4.69, 9.17) is 12.6 Å². The van der Waals surface area contributed by atoms with Crippen molar-refractivity contribution in [3.05, 3.63) is 0 Å². The molecule has 5 rings (SSSR count). The third-order valence-corrected chi connectivity index (χ3v) is 11.7. The lowest BCUT2D eigenvalue weighted by Gasteiger charge is -2.60. The van der Waals surface area contributed by atoms with Gasteiger partial charge in [-0.3, -0.25) is 0 Å². The Morgan fingerprint density at radius 1 is 0.964 bits per heavy atom. The van der Waals surface area contributed by atoms with Crippen LogP contribution in [-0.4, -0.2) is 5.25 Å². The highest BCUT2D eigenvalue weighted by Gasteiger charge is 2.72. The molecule has 0 aromatic rings. The van der Waals surface area contributed by atoms with Crippen molar-refractivity contribution in [3.8, 4) is 0 Å². The predicted molar refractivity (Wildman–Crippen MR) is 124 cm³/mol. The Kier molecular flexibility index (Phi) is 5.21. The van der Waals surface area contributed by atoms with Gasteiger partial charge in [-0.05, 0) is 110 Å². The van der Waals surface area contributed by atoms with Gasteiger partial charge in [-0.2, -0.15) is 12.6 Å². The summed E-state index contributed by atoms with van der Waals surface area (Å²) in [4.78, 5) is 0. The second kappa shape index (κ2) is 7.20.